The van der Waals surface area contributed by atoms with Gasteiger partial charge in [-0.3, -0.25) is 9.78 Å². The number of carbonyl (C=O) groups is 2. The van der Waals surface area contributed by atoms with E-state index in [1.54, 1.807) is 26.0 Å². The third-order valence-electron chi connectivity index (χ3n) is 3.44. The molecule has 27 heavy (non-hydrogen) atoms. The summed E-state index contributed by atoms with van der Waals surface area (Å²) in [5, 5.41) is 2.72. The summed E-state index contributed by atoms with van der Waals surface area (Å²) in [5.41, 5.74) is 1.77. The van der Waals surface area contributed by atoms with Gasteiger partial charge in [0.25, 0.3) is 15.9 Å². The van der Waals surface area contributed by atoms with Gasteiger partial charge in [0.05, 0.1) is 23.4 Å². The van der Waals surface area contributed by atoms with Gasteiger partial charge in [-0.1, -0.05) is 12.1 Å². The highest BCUT2D eigenvalue weighted by Crippen LogP contribution is 2.11. The van der Waals surface area contributed by atoms with Crippen molar-refractivity contribution < 1.29 is 22.7 Å². The summed E-state index contributed by atoms with van der Waals surface area (Å²) in [4.78, 5) is 31.2. The van der Waals surface area contributed by atoms with Crippen molar-refractivity contribution >= 4 is 22.0 Å². The van der Waals surface area contributed by atoms with E-state index in [1.165, 1.54) is 24.5 Å². The third kappa shape index (κ3) is 6.03. The van der Waals surface area contributed by atoms with Gasteiger partial charge in [-0.15, -0.1) is 0 Å². The molecule has 1 aromatic carbocycles. The van der Waals surface area contributed by atoms with Crippen molar-refractivity contribution in [1.29, 1.82) is 0 Å². The van der Waals surface area contributed by atoms with Crippen LogP contribution in [0.5, 0.6) is 0 Å². The summed E-state index contributed by atoms with van der Waals surface area (Å²) in [6.45, 7) is 3.77. The zero-order chi connectivity index (χ0) is 19.9. The van der Waals surface area contributed by atoms with Gasteiger partial charge in [-0.25, -0.2) is 22.9 Å². The standard InChI is InChI=1S/C17H20N4O5S/c1-3-26-17(23)21-27(24,25)14-6-4-13(5-7-14)8-9-18-16(22)15-11-19-12(2)10-20-15/h4-7,10-11H,3,8-9H2,1-2H3,(H,18,22)(H,21,23). The number of amides is 2. The van der Waals surface area contributed by atoms with Gasteiger partial charge in [-0.05, 0) is 38.0 Å². The Bertz CT molecular complexity index is 896. The molecule has 1 aromatic heterocycles. The quantitative estimate of drug-likeness (QED) is 0.724. The highest BCUT2D eigenvalue weighted by atomic mass is 32.2. The Morgan fingerprint density at radius 1 is 1.11 bits per heavy atom. The Balaban J connectivity index is 1.89. The summed E-state index contributed by atoms with van der Waals surface area (Å²) in [6, 6.07) is 5.98. The van der Waals surface area contributed by atoms with E-state index >= 15 is 0 Å². The zero-order valence-corrected chi connectivity index (χ0v) is 15.7. The van der Waals surface area contributed by atoms with Gasteiger partial charge >= 0.3 is 6.09 Å². The number of carbonyl (C=O) groups excluding carboxylic acids is 2. The fraction of sp³-hybridized carbons (Fsp3) is 0.294. The van der Waals surface area contributed by atoms with Gasteiger partial charge in [-0.2, -0.15) is 0 Å². The molecule has 0 aliphatic carbocycles. The van der Waals surface area contributed by atoms with Crippen LogP contribution in [-0.4, -0.2) is 43.5 Å². The average molecular weight is 392 g/mol. The van der Waals surface area contributed by atoms with E-state index in [0.29, 0.717) is 13.0 Å². The maximum atomic E-state index is 12.0. The predicted molar refractivity (Wildman–Crippen MR) is 96.6 cm³/mol. The van der Waals surface area contributed by atoms with E-state index in [0.717, 1.165) is 11.3 Å². The van der Waals surface area contributed by atoms with Crippen molar-refractivity contribution in [2.24, 2.45) is 0 Å². The lowest BCUT2D eigenvalue weighted by Gasteiger charge is -2.08. The van der Waals surface area contributed by atoms with Gasteiger partial charge in [0, 0.05) is 12.7 Å². The number of nitrogens with one attached hydrogen (secondary N) is 2. The minimum Gasteiger partial charge on any atom is -0.449 e. The topological polar surface area (TPSA) is 127 Å². The molecule has 10 heteroatoms. The van der Waals surface area contributed by atoms with Crippen LogP contribution in [-0.2, 0) is 21.2 Å². The Hall–Kier alpha value is -3.01. The SMILES string of the molecule is CCOC(=O)NS(=O)(=O)c1ccc(CCNC(=O)c2cnc(C)cn2)cc1. The highest BCUT2D eigenvalue weighted by molar-refractivity contribution is 7.90. The molecule has 2 rings (SSSR count). The largest absolute Gasteiger partial charge is 0.449 e. The maximum Gasteiger partial charge on any atom is 0.421 e. The van der Waals surface area contributed by atoms with Crippen LogP contribution >= 0.6 is 0 Å². The van der Waals surface area contributed by atoms with E-state index in [4.69, 9.17) is 0 Å². The van der Waals surface area contributed by atoms with E-state index < -0.39 is 16.1 Å². The van der Waals surface area contributed by atoms with E-state index in [1.807, 2.05) is 4.72 Å². The summed E-state index contributed by atoms with van der Waals surface area (Å²) in [6.07, 6.45) is 2.39. The third-order valence-corrected chi connectivity index (χ3v) is 4.77. The lowest BCUT2D eigenvalue weighted by Crippen LogP contribution is -2.31. The molecule has 0 unspecified atom stereocenters. The van der Waals surface area contributed by atoms with Crippen LogP contribution in [0.15, 0.2) is 41.6 Å². The molecule has 0 radical (unpaired) electrons. The van der Waals surface area contributed by atoms with Crippen LogP contribution in [0, 0.1) is 6.92 Å². The molecule has 144 valence electrons. The van der Waals surface area contributed by atoms with Crippen molar-refractivity contribution in [2.45, 2.75) is 25.2 Å². The zero-order valence-electron chi connectivity index (χ0n) is 14.9. The number of nitrogens with zero attached hydrogens (tertiary/aromatic N) is 2. The van der Waals surface area contributed by atoms with Gasteiger partial charge in [0.1, 0.15) is 5.69 Å². The van der Waals surface area contributed by atoms with Gasteiger partial charge in [0.15, 0.2) is 0 Å². The van der Waals surface area contributed by atoms with Crippen molar-refractivity contribution in [2.75, 3.05) is 13.2 Å². The van der Waals surface area contributed by atoms with Gasteiger partial charge < -0.3 is 10.1 Å². The summed E-state index contributed by atoms with van der Waals surface area (Å²) < 4.78 is 30.4. The molecule has 0 spiro atoms. The molecule has 0 saturated heterocycles. The second-order valence-electron chi connectivity index (χ2n) is 5.52. The van der Waals surface area contributed by atoms with E-state index in [-0.39, 0.29) is 23.1 Å². The molecule has 0 aliphatic heterocycles. The summed E-state index contributed by atoms with van der Waals surface area (Å²) >= 11 is 0. The summed E-state index contributed by atoms with van der Waals surface area (Å²) in [5.74, 6) is -0.333. The first kappa shape index (κ1) is 20.3. The Morgan fingerprint density at radius 3 is 2.41 bits per heavy atom. The lowest BCUT2D eigenvalue weighted by molar-refractivity contribution is 0.0948. The predicted octanol–water partition coefficient (Wildman–Crippen LogP) is 1.19. The number of benzene rings is 1. The fourth-order valence-corrected chi connectivity index (χ4v) is 2.98. The molecule has 2 N–H and O–H groups in total. The molecular weight excluding hydrogens is 372 g/mol. The number of sulfonamides is 1. The molecule has 1 heterocycles. The second-order valence-corrected chi connectivity index (χ2v) is 7.20. The molecule has 9 nitrogen and oxygen atoms in total. The highest BCUT2D eigenvalue weighted by Gasteiger charge is 2.18. The normalized spacial score (nSPS) is 10.9. The smallest absolute Gasteiger partial charge is 0.421 e. The number of aromatic nitrogens is 2. The fourth-order valence-electron chi connectivity index (χ4n) is 2.09. The average Bonchev–Trinajstić information content (AvgIpc) is 2.62. The molecule has 0 aliphatic rings. The van der Waals surface area contributed by atoms with Crippen LogP contribution < -0.4 is 10.0 Å². The minimum absolute atomic E-state index is 0.0572. The van der Waals surface area contributed by atoms with Crippen molar-refractivity contribution in [1.82, 2.24) is 20.0 Å². The van der Waals surface area contributed by atoms with E-state index in [9.17, 15) is 18.0 Å². The monoisotopic (exact) mass is 392 g/mol. The van der Waals surface area contributed by atoms with Crippen LogP contribution in [0.3, 0.4) is 0 Å². The van der Waals surface area contributed by atoms with Crippen LogP contribution in [0.25, 0.3) is 0 Å². The number of hydrogen-bond acceptors (Lipinski definition) is 7. The molecule has 0 bridgehead atoms. The number of ether oxygens (including phenoxy) is 1. The molecule has 0 fully saturated rings. The van der Waals surface area contributed by atoms with Crippen molar-refractivity contribution in [3.05, 3.63) is 53.6 Å². The number of rotatable bonds is 7. The summed E-state index contributed by atoms with van der Waals surface area (Å²) in [7, 11) is -3.98. The Kier molecular flexibility index (Phi) is 6.83. The molecule has 2 amide bonds. The molecular formula is C17H20N4O5S. The first-order valence-corrected chi connectivity index (χ1v) is 9.65. The maximum absolute atomic E-state index is 12.0. The first-order chi connectivity index (χ1) is 12.8. The molecule has 0 saturated carbocycles. The Labute approximate surface area is 157 Å². The van der Waals surface area contributed by atoms with Crippen molar-refractivity contribution in [3.8, 4) is 0 Å². The number of aryl methyl sites for hydroxylation is 1. The first-order valence-electron chi connectivity index (χ1n) is 8.17. The molecule has 2 aromatic rings. The molecule has 0 atom stereocenters. The minimum atomic E-state index is -3.98. The van der Waals surface area contributed by atoms with Crippen LogP contribution in [0.1, 0.15) is 28.7 Å². The van der Waals surface area contributed by atoms with Crippen LogP contribution in [0.2, 0.25) is 0 Å². The van der Waals surface area contributed by atoms with Crippen molar-refractivity contribution in [3.63, 3.8) is 0 Å². The second kappa shape index (κ2) is 9.08. The van der Waals surface area contributed by atoms with Crippen LogP contribution in [0.4, 0.5) is 4.79 Å². The van der Waals surface area contributed by atoms with Gasteiger partial charge in [0.2, 0.25) is 0 Å². The van der Waals surface area contributed by atoms with E-state index in [2.05, 4.69) is 20.0 Å². The Morgan fingerprint density at radius 2 is 1.81 bits per heavy atom. The number of hydrogen-bond donors (Lipinski definition) is 2. The lowest BCUT2D eigenvalue weighted by atomic mass is 10.1.